The van der Waals surface area contributed by atoms with Gasteiger partial charge in [-0.2, -0.15) is 0 Å². The Hall–Kier alpha value is -3.68. The van der Waals surface area contributed by atoms with E-state index < -0.39 is 23.6 Å². The highest BCUT2D eigenvalue weighted by Crippen LogP contribution is 2.31. The number of ether oxygens (including phenoxy) is 1. The van der Waals surface area contributed by atoms with Gasteiger partial charge in [0.1, 0.15) is 17.1 Å². The van der Waals surface area contributed by atoms with Crippen molar-refractivity contribution in [3.05, 3.63) is 65.2 Å². The first-order valence-corrected chi connectivity index (χ1v) is 7.42. The van der Waals surface area contributed by atoms with Crippen LogP contribution in [-0.4, -0.2) is 24.9 Å². The fraction of sp³-hybridized carbons (Fsp3) is 0.0556. The predicted octanol–water partition coefficient (Wildman–Crippen LogP) is 2.71. The summed E-state index contributed by atoms with van der Waals surface area (Å²) in [6.45, 7) is 0. The van der Waals surface area contributed by atoms with Crippen LogP contribution in [0.25, 0.3) is 11.0 Å². The van der Waals surface area contributed by atoms with Crippen LogP contribution in [0.5, 0.6) is 0 Å². The van der Waals surface area contributed by atoms with E-state index in [9.17, 15) is 18.8 Å². The van der Waals surface area contributed by atoms with Crippen LogP contribution in [0.4, 0.5) is 10.1 Å². The van der Waals surface area contributed by atoms with Crippen molar-refractivity contribution in [2.24, 2.45) is 5.73 Å². The third kappa shape index (κ3) is 3.12. The SMILES string of the molecule is COC(=O)c1cccc(C(=O)Nc2c(C(N)=O)oc3ccc(F)cc23)c1. The van der Waals surface area contributed by atoms with Gasteiger partial charge in [0.2, 0.25) is 5.76 Å². The lowest BCUT2D eigenvalue weighted by Crippen LogP contribution is -2.17. The maximum absolute atomic E-state index is 13.5. The lowest BCUT2D eigenvalue weighted by molar-refractivity contribution is 0.0600. The fourth-order valence-electron chi connectivity index (χ4n) is 2.46. The zero-order valence-corrected chi connectivity index (χ0v) is 13.5. The molecule has 8 heteroatoms. The maximum atomic E-state index is 13.5. The minimum atomic E-state index is -0.916. The minimum absolute atomic E-state index is 0.0412. The molecule has 0 aliphatic carbocycles. The molecule has 132 valence electrons. The van der Waals surface area contributed by atoms with Crippen LogP contribution in [0.3, 0.4) is 0 Å². The van der Waals surface area contributed by atoms with E-state index in [1.54, 1.807) is 0 Å². The lowest BCUT2D eigenvalue weighted by Gasteiger charge is -2.06. The minimum Gasteiger partial charge on any atom is -0.465 e. The Morgan fingerprint density at radius 1 is 1.12 bits per heavy atom. The Kier molecular flexibility index (Phi) is 4.40. The molecular weight excluding hydrogens is 343 g/mol. The number of hydrogen-bond donors (Lipinski definition) is 2. The monoisotopic (exact) mass is 356 g/mol. The van der Waals surface area contributed by atoms with E-state index >= 15 is 0 Å². The lowest BCUT2D eigenvalue weighted by atomic mass is 10.1. The average Bonchev–Trinajstić information content (AvgIpc) is 2.99. The van der Waals surface area contributed by atoms with Crippen LogP contribution in [0.1, 0.15) is 31.3 Å². The van der Waals surface area contributed by atoms with Gasteiger partial charge in [-0.25, -0.2) is 9.18 Å². The Labute approximate surface area is 146 Å². The highest BCUT2D eigenvalue weighted by Gasteiger charge is 2.22. The van der Waals surface area contributed by atoms with Gasteiger partial charge in [0, 0.05) is 10.9 Å². The highest BCUT2D eigenvalue weighted by atomic mass is 19.1. The summed E-state index contributed by atoms with van der Waals surface area (Å²) in [7, 11) is 1.22. The number of benzene rings is 2. The van der Waals surface area contributed by atoms with Gasteiger partial charge in [-0.3, -0.25) is 9.59 Å². The molecule has 26 heavy (non-hydrogen) atoms. The second-order valence-electron chi connectivity index (χ2n) is 5.34. The summed E-state index contributed by atoms with van der Waals surface area (Å²) in [5.41, 5.74) is 5.74. The maximum Gasteiger partial charge on any atom is 0.337 e. The number of carbonyl (C=O) groups is 3. The normalized spacial score (nSPS) is 10.5. The van der Waals surface area contributed by atoms with Crippen LogP contribution in [0.15, 0.2) is 46.9 Å². The molecule has 7 nitrogen and oxygen atoms in total. The van der Waals surface area contributed by atoms with E-state index in [0.717, 1.165) is 12.1 Å². The van der Waals surface area contributed by atoms with Crippen molar-refractivity contribution in [3.63, 3.8) is 0 Å². The Bertz CT molecular complexity index is 1040. The number of nitrogens with two attached hydrogens (primary N) is 1. The molecule has 0 atom stereocenters. The molecule has 0 fully saturated rings. The Morgan fingerprint density at radius 3 is 2.54 bits per heavy atom. The average molecular weight is 356 g/mol. The molecule has 0 radical (unpaired) electrons. The van der Waals surface area contributed by atoms with Gasteiger partial charge in [0.15, 0.2) is 0 Å². The number of primary amides is 1. The summed E-state index contributed by atoms with van der Waals surface area (Å²) in [6.07, 6.45) is 0. The van der Waals surface area contributed by atoms with Crippen LogP contribution in [0, 0.1) is 5.82 Å². The number of carbonyl (C=O) groups excluding carboxylic acids is 3. The number of nitrogens with one attached hydrogen (secondary N) is 1. The summed E-state index contributed by atoms with van der Waals surface area (Å²) >= 11 is 0. The van der Waals surface area contributed by atoms with Crippen LogP contribution in [-0.2, 0) is 4.74 Å². The molecule has 2 aromatic carbocycles. The predicted molar refractivity (Wildman–Crippen MR) is 90.4 cm³/mol. The van der Waals surface area contributed by atoms with Gasteiger partial charge in [0.25, 0.3) is 11.8 Å². The molecule has 2 amide bonds. The van der Waals surface area contributed by atoms with Crippen molar-refractivity contribution in [1.82, 2.24) is 0 Å². The van der Waals surface area contributed by atoms with Crippen LogP contribution in [0.2, 0.25) is 0 Å². The molecule has 0 saturated carbocycles. The number of fused-ring (bicyclic) bond motifs is 1. The second kappa shape index (κ2) is 6.67. The fourth-order valence-corrected chi connectivity index (χ4v) is 2.46. The zero-order valence-electron chi connectivity index (χ0n) is 13.5. The number of hydrogen-bond acceptors (Lipinski definition) is 5. The summed E-state index contributed by atoms with van der Waals surface area (Å²) in [5, 5.41) is 2.68. The van der Waals surface area contributed by atoms with Crippen molar-refractivity contribution >= 4 is 34.4 Å². The number of methoxy groups -OCH3 is 1. The van der Waals surface area contributed by atoms with Gasteiger partial charge in [-0.05, 0) is 36.4 Å². The van der Waals surface area contributed by atoms with Gasteiger partial charge < -0.3 is 20.2 Å². The highest BCUT2D eigenvalue weighted by molar-refractivity contribution is 6.14. The molecule has 0 bridgehead atoms. The smallest absolute Gasteiger partial charge is 0.337 e. The van der Waals surface area contributed by atoms with E-state index in [-0.39, 0.29) is 33.5 Å². The zero-order chi connectivity index (χ0) is 18.8. The van der Waals surface area contributed by atoms with Gasteiger partial charge >= 0.3 is 5.97 Å². The van der Waals surface area contributed by atoms with Crippen LogP contribution >= 0.6 is 0 Å². The first-order valence-electron chi connectivity index (χ1n) is 7.42. The first-order chi connectivity index (χ1) is 12.4. The van der Waals surface area contributed by atoms with E-state index in [4.69, 9.17) is 10.2 Å². The molecule has 3 N–H and O–H groups in total. The first kappa shape index (κ1) is 17.2. The van der Waals surface area contributed by atoms with E-state index in [1.165, 1.54) is 37.4 Å². The van der Waals surface area contributed by atoms with E-state index in [0.29, 0.717) is 0 Å². The van der Waals surface area contributed by atoms with Gasteiger partial charge in [0.05, 0.1) is 12.7 Å². The Balaban J connectivity index is 2.02. The molecular formula is C18H13FN2O5. The van der Waals surface area contributed by atoms with Crippen molar-refractivity contribution in [1.29, 1.82) is 0 Å². The quantitative estimate of drug-likeness (QED) is 0.698. The number of furan rings is 1. The summed E-state index contributed by atoms with van der Waals surface area (Å²) in [5.74, 6) is -3.03. The molecule has 0 aliphatic rings. The standard InChI is InChI=1S/C18H13FN2O5/c1-25-18(24)10-4-2-3-9(7-10)17(23)21-14-12-8-11(19)5-6-13(12)26-15(14)16(20)22/h2-8H,1H3,(H2,20,22)(H,21,23). The van der Waals surface area contributed by atoms with E-state index in [2.05, 4.69) is 10.1 Å². The van der Waals surface area contributed by atoms with Gasteiger partial charge in [-0.15, -0.1) is 0 Å². The summed E-state index contributed by atoms with van der Waals surface area (Å²) in [6, 6.07) is 9.38. The molecule has 0 unspecified atom stereocenters. The molecule has 1 heterocycles. The molecule has 0 spiro atoms. The molecule has 3 rings (SSSR count). The third-order valence-corrected chi connectivity index (χ3v) is 3.66. The van der Waals surface area contributed by atoms with Crippen molar-refractivity contribution in [3.8, 4) is 0 Å². The third-order valence-electron chi connectivity index (χ3n) is 3.66. The summed E-state index contributed by atoms with van der Waals surface area (Å²) < 4.78 is 23.5. The number of halogens is 1. The number of esters is 1. The molecule has 0 saturated heterocycles. The number of amides is 2. The number of anilines is 1. The van der Waals surface area contributed by atoms with Crippen molar-refractivity contribution in [2.45, 2.75) is 0 Å². The van der Waals surface area contributed by atoms with Crippen LogP contribution < -0.4 is 11.1 Å². The van der Waals surface area contributed by atoms with Crippen molar-refractivity contribution < 1.29 is 27.9 Å². The largest absolute Gasteiger partial charge is 0.465 e. The molecule has 1 aromatic heterocycles. The van der Waals surface area contributed by atoms with Crippen molar-refractivity contribution in [2.75, 3.05) is 12.4 Å². The molecule has 3 aromatic rings. The molecule has 0 aliphatic heterocycles. The topological polar surface area (TPSA) is 112 Å². The summed E-state index contributed by atoms with van der Waals surface area (Å²) in [4.78, 5) is 35.7. The Morgan fingerprint density at radius 2 is 1.85 bits per heavy atom. The van der Waals surface area contributed by atoms with E-state index in [1.807, 2.05) is 0 Å². The second-order valence-corrected chi connectivity index (χ2v) is 5.34. The van der Waals surface area contributed by atoms with Gasteiger partial charge in [-0.1, -0.05) is 6.07 Å². The number of rotatable bonds is 4.